The standard InChI is InChI=1S/C14H21N3O/c15-13-7-9-16-10-12(13)14(18)17-8-3-6-11-4-1-2-5-11/h7,9-11H,1-6,8H2,(H2,15,16)(H,17,18). The first kappa shape index (κ1) is 12.9. The summed E-state index contributed by atoms with van der Waals surface area (Å²) >= 11 is 0. The summed E-state index contributed by atoms with van der Waals surface area (Å²) in [7, 11) is 0. The summed E-state index contributed by atoms with van der Waals surface area (Å²) in [5, 5.41) is 2.90. The second-order valence-corrected chi connectivity index (χ2v) is 5.01. The van der Waals surface area contributed by atoms with Crippen LogP contribution in [0.2, 0.25) is 0 Å². The van der Waals surface area contributed by atoms with E-state index in [0.717, 1.165) is 18.9 Å². The highest BCUT2D eigenvalue weighted by atomic mass is 16.1. The maximum absolute atomic E-state index is 11.8. The Balaban J connectivity index is 1.70. The Morgan fingerprint density at radius 3 is 2.94 bits per heavy atom. The van der Waals surface area contributed by atoms with E-state index in [9.17, 15) is 4.79 Å². The number of carbonyl (C=O) groups is 1. The van der Waals surface area contributed by atoms with Gasteiger partial charge in [-0.15, -0.1) is 0 Å². The van der Waals surface area contributed by atoms with Crippen molar-refractivity contribution in [2.45, 2.75) is 38.5 Å². The van der Waals surface area contributed by atoms with Gasteiger partial charge in [0.1, 0.15) is 0 Å². The van der Waals surface area contributed by atoms with Crippen LogP contribution in [0.25, 0.3) is 0 Å². The van der Waals surface area contributed by atoms with Crippen molar-refractivity contribution < 1.29 is 4.79 Å². The van der Waals surface area contributed by atoms with Crippen LogP contribution < -0.4 is 11.1 Å². The van der Waals surface area contributed by atoms with Crippen LogP contribution in [0.15, 0.2) is 18.5 Å². The Hall–Kier alpha value is -1.58. The second kappa shape index (κ2) is 6.38. The maximum atomic E-state index is 11.8. The molecule has 0 unspecified atom stereocenters. The van der Waals surface area contributed by atoms with Gasteiger partial charge in [0.15, 0.2) is 0 Å². The molecule has 1 fully saturated rings. The highest BCUT2D eigenvalue weighted by Crippen LogP contribution is 2.28. The minimum atomic E-state index is -0.118. The van der Waals surface area contributed by atoms with Crippen LogP contribution in [0, 0.1) is 5.92 Å². The number of aromatic nitrogens is 1. The fraction of sp³-hybridized carbons (Fsp3) is 0.571. The van der Waals surface area contributed by atoms with E-state index in [0.29, 0.717) is 11.3 Å². The van der Waals surface area contributed by atoms with E-state index in [-0.39, 0.29) is 5.91 Å². The molecule has 98 valence electrons. The number of carbonyl (C=O) groups excluding carboxylic acids is 1. The summed E-state index contributed by atoms with van der Waals surface area (Å²) < 4.78 is 0. The van der Waals surface area contributed by atoms with Crippen LogP contribution in [-0.2, 0) is 0 Å². The summed E-state index contributed by atoms with van der Waals surface area (Å²) in [6, 6.07) is 1.65. The molecule has 1 aliphatic carbocycles. The zero-order valence-corrected chi connectivity index (χ0v) is 10.7. The Bertz CT molecular complexity index is 400. The Morgan fingerprint density at radius 1 is 1.44 bits per heavy atom. The molecular weight excluding hydrogens is 226 g/mol. The van der Waals surface area contributed by atoms with Crippen LogP contribution in [0.3, 0.4) is 0 Å². The van der Waals surface area contributed by atoms with Gasteiger partial charge >= 0.3 is 0 Å². The summed E-state index contributed by atoms with van der Waals surface area (Å²) in [6.45, 7) is 0.726. The molecule has 1 aromatic rings. The van der Waals surface area contributed by atoms with Gasteiger partial charge in [-0.3, -0.25) is 9.78 Å². The number of nitrogen functional groups attached to an aromatic ring is 1. The summed E-state index contributed by atoms with van der Waals surface area (Å²) in [5.74, 6) is 0.761. The number of hydrogen-bond donors (Lipinski definition) is 2. The molecule has 0 aliphatic heterocycles. The normalized spacial score (nSPS) is 15.8. The van der Waals surface area contributed by atoms with Crippen molar-refractivity contribution in [2.24, 2.45) is 5.92 Å². The van der Waals surface area contributed by atoms with Gasteiger partial charge in [0, 0.05) is 24.6 Å². The quantitative estimate of drug-likeness (QED) is 0.785. The number of rotatable bonds is 5. The second-order valence-electron chi connectivity index (χ2n) is 5.01. The number of anilines is 1. The molecule has 0 atom stereocenters. The average Bonchev–Trinajstić information content (AvgIpc) is 2.88. The van der Waals surface area contributed by atoms with Crippen molar-refractivity contribution in [1.29, 1.82) is 0 Å². The predicted octanol–water partition coefficient (Wildman–Crippen LogP) is 2.36. The van der Waals surface area contributed by atoms with Crippen LogP contribution >= 0.6 is 0 Å². The van der Waals surface area contributed by atoms with Crippen molar-refractivity contribution >= 4 is 11.6 Å². The molecule has 1 aromatic heterocycles. The van der Waals surface area contributed by atoms with Gasteiger partial charge in [0.25, 0.3) is 5.91 Å². The molecule has 1 heterocycles. The van der Waals surface area contributed by atoms with E-state index in [1.54, 1.807) is 12.3 Å². The molecule has 3 N–H and O–H groups in total. The van der Waals surface area contributed by atoms with Gasteiger partial charge in [0.05, 0.1) is 5.56 Å². The monoisotopic (exact) mass is 247 g/mol. The van der Waals surface area contributed by atoms with Gasteiger partial charge in [-0.05, 0) is 24.8 Å². The van der Waals surface area contributed by atoms with Crippen LogP contribution in [-0.4, -0.2) is 17.4 Å². The van der Waals surface area contributed by atoms with Crippen LogP contribution in [0.4, 0.5) is 5.69 Å². The van der Waals surface area contributed by atoms with Crippen LogP contribution in [0.1, 0.15) is 48.9 Å². The fourth-order valence-electron chi connectivity index (χ4n) is 2.58. The van der Waals surface area contributed by atoms with Gasteiger partial charge in [0.2, 0.25) is 0 Å². The maximum Gasteiger partial charge on any atom is 0.254 e. The van der Waals surface area contributed by atoms with E-state index >= 15 is 0 Å². The van der Waals surface area contributed by atoms with Gasteiger partial charge in [-0.1, -0.05) is 25.7 Å². The molecule has 1 saturated carbocycles. The molecule has 4 heteroatoms. The van der Waals surface area contributed by atoms with Crippen molar-refractivity contribution in [1.82, 2.24) is 10.3 Å². The molecule has 0 aromatic carbocycles. The average molecular weight is 247 g/mol. The number of nitrogens with zero attached hydrogens (tertiary/aromatic N) is 1. The summed E-state index contributed by atoms with van der Waals surface area (Å²) in [6.07, 6.45) is 10.9. The van der Waals surface area contributed by atoms with Gasteiger partial charge in [-0.2, -0.15) is 0 Å². The first-order valence-electron chi connectivity index (χ1n) is 6.75. The van der Waals surface area contributed by atoms with E-state index < -0.39 is 0 Å². The summed E-state index contributed by atoms with van der Waals surface area (Å²) in [5.41, 5.74) is 6.68. The lowest BCUT2D eigenvalue weighted by Gasteiger charge is -2.10. The first-order valence-corrected chi connectivity index (χ1v) is 6.75. The lowest BCUT2D eigenvalue weighted by atomic mass is 10.0. The Kier molecular flexibility index (Phi) is 4.56. The zero-order chi connectivity index (χ0) is 12.8. The Labute approximate surface area is 108 Å². The molecule has 0 radical (unpaired) electrons. The largest absolute Gasteiger partial charge is 0.398 e. The number of nitrogens with two attached hydrogens (primary N) is 1. The molecule has 0 spiro atoms. The molecule has 2 rings (SSSR count). The Morgan fingerprint density at radius 2 is 2.22 bits per heavy atom. The minimum absolute atomic E-state index is 0.118. The van der Waals surface area contributed by atoms with Crippen molar-refractivity contribution in [3.05, 3.63) is 24.0 Å². The number of hydrogen-bond acceptors (Lipinski definition) is 3. The van der Waals surface area contributed by atoms with Crippen molar-refractivity contribution in [3.8, 4) is 0 Å². The van der Waals surface area contributed by atoms with Crippen LogP contribution in [0.5, 0.6) is 0 Å². The molecule has 0 saturated heterocycles. The van der Waals surface area contributed by atoms with Gasteiger partial charge < -0.3 is 11.1 Å². The zero-order valence-electron chi connectivity index (χ0n) is 10.7. The molecule has 1 aliphatic rings. The minimum Gasteiger partial charge on any atom is -0.398 e. The third-order valence-electron chi connectivity index (χ3n) is 3.65. The fourth-order valence-corrected chi connectivity index (χ4v) is 2.58. The predicted molar refractivity (Wildman–Crippen MR) is 72.2 cm³/mol. The van der Waals surface area contributed by atoms with E-state index in [1.807, 2.05) is 0 Å². The molecular formula is C14H21N3O. The third-order valence-corrected chi connectivity index (χ3v) is 3.65. The first-order chi connectivity index (χ1) is 8.77. The smallest absolute Gasteiger partial charge is 0.254 e. The molecule has 1 amide bonds. The van der Waals surface area contributed by atoms with Crippen molar-refractivity contribution in [3.63, 3.8) is 0 Å². The van der Waals surface area contributed by atoms with E-state index in [2.05, 4.69) is 10.3 Å². The molecule has 4 nitrogen and oxygen atoms in total. The highest BCUT2D eigenvalue weighted by Gasteiger charge is 2.14. The lowest BCUT2D eigenvalue weighted by molar-refractivity contribution is 0.0953. The number of nitrogens with one attached hydrogen (secondary N) is 1. The SMILES string of the molecule is Nc1ccncc1C(=O)NCCCC1CCCC1. The summed E-state index contributed by atoms with van der Waals surface area (Å²) in [4.78, 5) is 15.7. The molecule has 0 bridgehead atoms. The third kappa shape index (κ3) is 3.45. The number of amides is 1. The van der Waals surface area contributed by atoms with Gasteiger partial charge in [-0.25, -0.2) is 0 Å². The lowest BCUT2D eigenvalue weighted by Crippen LogP contribution is -2.25. The van der Waals surface area contributed by atoms with E-state index in [4.69, 9.17) is 5.73 Å². The van der Waals surface area contributed by atoms with E-state index in [1.165, 1.54) is 38.3 Å². The van der Waals surface area contributed by atoms with Crippen molar-refractivity contribution in [2.75, 3.05) is 12.3 Å². The molecule has 18 heavy (non-hydrogen) atoms. The number of pyridine rings is 1. The topological polar surface area (TPSA) is 68.0 Å². The highest BCUT2D eigenvalue weighted by molar-refractivity contribution is 5.98.